The molecule has 1 aromatic carbocycles. The molecule has 2 N–H and O–H groups in total. The highest BCUT2D eigenvalue weighted by Crippen LogP contribution is 2.29. The monoisotopic (exact) mass is 389 g/mol. The first-order valence-electron chi connectivity index (χ1n) is 8.19. The van der Waals surface area contributed by atoms with Gasteiger partial charge in [-0.2, -0.15) is 0 Å². The standard InChI is InChI=1S/C18H17ClFN5O2/c1-10(26)6-7-25-15-8-11(4-5-14(15)24(3)18(25)27)22-17-12(20)9-13(21-2)16(19)23-17/h4-5,8-10,26H,6-7H2,1,3H3,(H,22,23). The van der Waals surface area contributed by atoms with Gasteiger partial charge < -0.3 is 10.4 Å². The predicted molar refractivity (Wildman–Crippen MR) is 102 cm³/mol. The van der Waals surface area contributed by atoms with E-state index in [-0.39, 0.29) is 22.3 Å². The lowest BCUT2D eigenvalue weighted by atomic mass is 10.2. The Hall–Kier alpha value is -2.89. The van der Waals surface area contributed by atoms with Crippen LogP contribution in [0.3, 0.4) is 0 Å². The second kappa shape index (κ2) is 7.39. The van der Waals surface area contributed by atoms with Crippen LogP contribution in [0.4, 0.5) is 21.6 Å². The number of halogens is 2. The van der Waals surface area contributed by atoms with Crippen molar-refractivity contribution < 1.29 is 9.50 Å². The first-order valence-corrected chi connectivity index (χ1v) is 8.57. The fourth-order valence-corrected chi connectivity index (χ4v) is 2.96. The van der Waals surface area contributed by atoms with Gasteiger partial charge in [-0.15, -0.1) is 0 Å². The van der Waals surface area contributed by atoms with E-state index in [2.05, 4.69) is 15.1 Å². The average molecular weight is 390 g/mol. The van der Waals surface area contributed by atoms with Crippen molar-refractivity contribution in [2.24, 2.45) is 7.05 Å². The molecule has 0 aliphatic heterocycles. The molecule has 2 aromatic heterocycles. The Kier molecular flexibility index (Phi) is 5.17. The second-order valence-corrected chi connectivity index (χ2v) is 6.56. The molecule has 3 aromatic rings. The largest absolute Gasteiger partial charge is 0.393 e. The van der Waals surface area contributed by atoms with Gasteiger partial charge >= 0.3 is 5.69 Å². The molecule has 0 bridgehead atoms. The molecule has 0 fully saturated rings. The summed E-state index contributed by atoms with van der Waals surface area (Å²) in [7, 11) is 1.67. The van der Waals surface area contributed by atoms with Crippen molar-refractivity contribution >= 4 is 39.8 Å². The van der Waals surface area contributed by atoms with Crippen molar-refractivity contribution in [3.8, 4) is 0 Å². The Balaban J connectivity index is 2.02. The number of aromatic nitrogens is 3. The number of imidazole rings is 1. The molecule has 0 radical (unpaired) electrons. The van der Waals surface area contributed by atoms with Crippen molar-refractivity contribution in [2.45, 2.75) is 26.0 Å². The molecule has 7 nitrogen and oxygen atoms in total. The molecule has 0 amide bonds. The third kappa shape index (κ3) is 3.65. The summed E-state index contributed by atoms with van der Waals surface area (Å²) in [6.45, 7) is 8.96. The van der Waals surface area contributed by atoms with Crippen LogP contribution < -0.4 is 11.0 Å². The number of fused-ring (bicyclic) bond motifs is 1. The minimum atomic E-state index is -0.704. The third-order valence-electron chi connectivity index (χ3n) is 4.21. The van der Waals surface area contributed by atoms with Gasteiger partial charge in [0.2, 0.25) is 5.69 Å². The molecule has 1 unspecified atom stereocenters. The number of aliphatic hydroxyl groups is 1. The van der Waals surface area contributed by atoms with Gasteiger partial charge in [0.05, 0.1) is 23.7 Å². The molecule has 0 aliphatic carbocycles. The molecular weight excluding hydrogens is 373 g/mol. The number of nitrogens with one attached hydrogen (secondary N) is 1. The van der Waals surface area contributed by atoms with Crippen LogP contribution in [0.15, 0.2) is 29.1 Å². The van der Waals surface area contributed by atoms with E-state index in [1.807, 2.05) is 0 Å². The number of hydrogen-bond donors (Lipinski definition) is 2. The summed E-state index contributed by atoms with van der Waals surface area (Å²) >= 11 is 5.88. The zero-order valence-corrected chi connectivity index (χ0v) is 15.5. The molecule has 0 aliphatic rings. The number of aliphatic hydroxyl groups excluding tert-OH is 1. The van der Waals surface area contributed by atoms with Crippen LogP contribution in [0.25, 0.3) is 15.9 Å². The maximum atomic E-state index is 14.2. The van der Waals surface area contributed by atoms with Crippen molar-refractivity contribution in [3.05, 3.63) is 57.1 Å². The Morgan fingerprint density at radius 2 is 2.15 bits per heavy atom. The van der Waals surface area contributed by atoms with Gasteiger partial charge in [-0.3, -0.25) is 9.13 Å². The summed E-state index contributed by atoms with van der Waals surface area (Å²) in [6.07, 6.45) is -0.101. The molecule has 0 spiro atoms. The Morgan fingerprint density at radius 3 is 2.81 bits per heavy atom. The van der Waals surface area contributed by atoms with E-state index < -0.39 is 11.9 Å². The van der Waals surface area contributed by atoms with Crippen molar-refractivity contribution in [3.63, 3.8) is 0 Å². The van der Waals surface area contributed by atoms with Crippen LogP contribution >= 0.6 is 11.6 Å². The van der Waals surface area contributed by atoms with E-state index in [1.54, 1.807) is 36.7 Å². The van der Waals surface area contributed by atoms with E-state index in [9.17, 15) is 14.3 Å². The van der Waals surface area contributed by atoms with E-state index >= 15 is 0 Å². The van der Waals surface area contributed by atoms with E-state index in [0.717, 1.165) is 6.07 Å². The summed E-state index contributed by atoms with van der Waals surface area (Å²) < 4.78 is 17.2. The lowest BCUT2D eigenvalue weighted by Gasteiger charge is -2.10. The van der Waals surface area contributed by atoms with Gasteiger partial charge in [0.1, 0.15) is 5.15 Å². The summed E-state index contributed by atoms with van der Waals surface area (Å²) in [5, 5.41) is 12.3. The zero-order chi connectivity index (χ0) is 19.7. The molecule has 2 heterocycles. The van der Waals surface area contributed by atoms with Crippen LogP contribution in [0, 0.1) is 12.4 Å². The van der Waals surface area contributed by atoms with E-state index in [0.29, 0.717) is 29.7 Å². The predicted octanol–water partition coefficient (Wildman–Crippen LogP) is 3.59. The summed E-state index contributed by atoms with van der Waals surface area (Å²) in [5.74, 6) is -0.814. The first-order chi connectivity index (χ1) is 12.8. The number of aryl methyl sites for hydroxylation is 2. The maximum absolute atomic E-state index is 14.2. The quantitative estimate of drug-likeness (QED) is 0.516. The Bertz CT molecular complexity index is 1110. The molecule has 27 heavy (non-hydrogen) atoms. The van der Waals surface area contributed by atoms with Crippen LogP contribution in [-0.2, 0) is 13.6 Å². The van der Waals surface area contributed by atoms with Gasteiger partial charge in [0, 0.05) is 19.3 Å². The molecule has 0 saturated heterocycles. The van der Waals surface area contributed by atoms with E-state index in [4.69, 9.17) is 18.2 Å². The fourth-order valence-electron chi connectivity index (χ4n) is 2.78. The molecule has 3 rings (SSSR count). The zero-order valence-electron chi connectivity index (χ0n) is 14.7. The smallest absolute Gasteiger partial charge is 0.328 e. The molecule has 1 atom stereocenters. The maximum Gasteiger partial charge on any atom is 0.328 e. The third-order valence-corrected chi connectivity index (χ3v) is 4.49. The van der Waals surface area contributed by atoms with Crippen molar-refractivity contribution in [1.82, 2.24) is 14.1 Å². The Labute approximate surface area is 159 Å². The molecule has 140 valence electrons. The molecule has 0 saturated carbocycles. The van der Waals surface area contributed by atoms with Crippen LogP contribution in [0.2, 0.25) is 5.15 Å². The minimum absolute atomic E-state index is 0.0646. The van der Waals surface area contributed by atoms with Crippen LogP contribution in [0.5, 0.6) is 0 Å². The number of nitrogens with zero attached hydrogens (tertiary/aromatic N) is 4. The second-order valence-electron chi connectivity index (χ2n) is 6.20. The average Bonchev–Trinajstić information content (AvgIpc) is 2.86. The van der Waals surface area contributed by atoms with Gasteiger partial charge in [-0.05, 0) is 37.6 Å². The summed E-state index contributed by atoms with van der Waals surface area (Å²) in [6, 6.07) is 6.16. The lowest BCUT2D eigenvalue weighted by molar-refractivity contribution is 0.178. The normalized spacial score (nSPS) is 12.1. The highest BCUT2D eigenvalue weighted by Gasteiger charge is 2.14. The SMILES string of the molecule is [C-]#[N+]c1cc(F)c(Nc2ccc3c(c2)n(CCC(C)O)c(=O)n3C)nc1Cl. The summed E-state index contributed by atoms with van der Waals surface area (Å²) in [4.78, 5) is 19.4. The number of anilines is 2. The van der Waals surface area contributed by atoms with E-state index in [1.165, 1.54) is 4.57 Å². The number of rotatable bonds is 5. The van der Waals surface area contributed by atoms with Gasteiger partial charge in [-0.1, -0.05) is 11.6 Å². The molecule has 9 heteroatoms. The van der Waals surface area contributed by atoms with Gasteiger partial charge in [0.15, 0.2) is 11.6 Å². The Morgan fingerprint density at radius 1 is 1.41 bits per heavy atom. The number of benzene rings is 1. The highest BCUT2D eigenvalue weighted by molar-refractivity contribution is 6.32. The molecular formula is C18H17ClFN5O2. The van der Waals surface area contributed by atoms with Gasteiger partial charge in [0.25, 0.3) is 0 Å². The van der Waals surface area contributed by atoms with Gasteiger partial charge in [-0.25, -0.2) is 19.0 Å². The first kappa shape index (κ1) is 18.9. The highest BCUT2D eigenvalue weighted by atomic mass is 35.5. The van der Waals surface area contributed by atoms with Crippen LogP contribution in [0.1, 0.15) is 13.3 Å². The van der Waals surface area contributed by atoms with Crippen molar-refractivity contribution in [1.29, 1.82) is 0 Å². The van der Waals surface area contributed by atoms with Crippen molar-refractivity contribution in [2.75, 3.05) is 5.32 Å². The topological polar surface area (TPSA) is 76.4 Å². The fraction of sp³-hybridized carbons (Fsp3) is 0.278. The van der Waals surface area contributed by atoms with Crippen LogP contribution in [-0.4, -0.2) is 25.3 Å². The summed E-state index contributed by atoms with van der Waals surface area (Å²) in [5.41, 5.74) is 1.61. The number of hydrogen-bond acceptors (Lipinski definition) is 4. The number of pyridine rings is 1. The minimum Gasteiger partial charge on any atom is -0.393 e. The lowest BCUT2D eigenvalue weighted by Crippen LogP contribution is -2.23.